The molecule has 0 aliphatic carbocycles. The van der Waals surface area contributed by atoms with Gasteiger partial charge in [-0.25, -0.2) is 0 Å². The second-order valence-corrected chi connectivity index (χ2v) is 4.15. The molecule has 0 spiro atoms. The molecule has 0 aliphatic heterocycles. The molecule has 0 saturated heterocycles. The van der Waals surface area contributed by atoms with Crippen LogP contribution in [0.25, 0.3) is 0 Å². The lowest BCUT2D eigenvalue weighted by Gasteiger charge is -2.14. The van der Waals surface area contributed by atoms with Crippen LogP contribution in [-0.4, -0.2) is 26.6 Å². The Morgan fingerprint density at radius 2 is 1.95 bits per heavy atom. The van der Waals surface area contributed by atoms with Crippen LogP contribution >= 0.6 is 0 Å². The Bertz CT molecular complexity index is 355. The summed E-state index contributed by atoms with van der Waals surface area (Å²) in [5.41, 5.74) is 1.12. The second kappa shape index (κ2) is 9.64. The SMILES string of the molecule is CCCOc1ccc(CNCC)c(OCOCC)c1. The van der Waals surface area contributed by atoms with Crippen molar-refractivity contribution in [2.75, 3.05) is 26.6 Å². The Hall–Kier alpha value is -1.26. The Morgan fingerprint density at radius 3 is 2.63 bits per heavy atom. The summed E-state index contributed by atoms with van der Waals surface area (Å²) >= 11 is 0. The molecular weight excluding hydrogens is 242 g/mol. The molecule has 0 radical (unpaired) electrons. The highest BCUT2D eigenvalue weighted by molar-refractivity contribution is 5.40. The van der Waals surface area contributed by atoms with Crippen LogP contribution in [0.4, 0.5) is 0 Å². The van der Waals surface area contributed by atoms with Gasteiger partial charge >= 0.3 is 0 Å². The average molecular weight is 267 g/mol. The van der Waals surface area contributed by atoms with Crippen molar-refractivity contribution >= 4 is 0 Å². The predicted molar refractivity (Wildman–Crippen MR) is 76.7 cm³/mol. The predicted octanol–water partition coefficient (Wildman–Crippen LogP) is 2.96. The molecule has 1 aromatic carbocycles. The van der Waals surface area contributed by atoms with E-state index in [1.54, 1.807) is 0 Å². The molecule has 0 aliphatic rings. The van der Waals surface area contributed by atoms with Crippen LogP contribution in [0, 0.1) is 0 Å². The number of nitrogens with one attached hydrogen (secondary N) is 1. The van der Waals surface area contributed by atoms with Crippen LogP contribution in [0.15, 0.2) is 18.2 Å². The second-order valence-electron chi connectivity index (χ2n) is 4.15. The molecule has 1 rings (SSSR count). The first-order valence-electron chi connectivity index (χ1n) is 6.98. The van der Waals surface area contributed by atoms with Crippen molar-refractivity contribution in [2.24, 2.45) is 0 Å². The minimum atomic E-state index is 0.271. The summed E-state index contributed by atoms with van der Waals surface area (Å²) in [4.78, 5) is 0. The van der Waals surface area contributed by atoms with Gasteiger partial charge in [-0.15, -0.1) is 0 Å². The maximum atomic E-state index is 5.65. The van der Waals surface area contributed by atoms with Gasteiger partial charge in [-0.05, 0) is 26.0 Å². The van der Waals surface area contributed by atoms with Crippen molar-refractivity contribution in [3.63, 3.8) is 0 Å². The highest BCUT2D eigenvalue weighted by atomic mass is 16.7. The standard InChI is InChI=1S/C15H25NO3/c1-4-9-18-14-8-7-13(11-16-5-2)15(10-14)19-12-17-6-3/h7-8,10,16H,4-6,9,11-12H2,1-3H3. The first-order chi connectivity index (χ1) is 9.31. The summed E-state index contributed by atoms with van der Waals surface area (Å²) in [6, 6.07) is 5.95. The fourth-order valence-electron chi connectivity index (χ4n) is 1.57. The third kappa shape index (κ3) is 5.94. The zero-order valence-electron chi connectivity index (χ0n) is 12.2. The average Bonchev–Trinajstić information content (AvgIpc) is 2.44. The van der Waals surface area contributed by atoms with E-state index >= 15 is 0 Å². The van der Waals surface area contributed by atoms with Gasteiger partial charge in [0.1, 0.15) is 11.5 Å². The molecule has 1 aromatic rings. The van der Waals surface area contributed by atoms with E-state index in [0.717, 1.165) is 43.2 Å². The largest absolute Gasteiger partial charge is 0.493 e. The summed E-state index contributed by atoms with van der Waals surface area (Å²) in [5, 5.41) is 3.30. The monoisotopic (exact) mass is 267 g/mol. The topological polar surface area (TPSA) is 39.7 Å². The summed E-state index contributed by atoms with van der Waals surface area (Å²) in [5.74, 6) is 1.66. The van der Waals surface area contributed by atoms with Gasteiger partial charge in [0.15, 0.2) is 6.79 Å². The molecule has 0 heterocycles. The third-order valence-corrected chi connectivity index (χ3v) is 2.58. The maximum Gasteiger partial charge on any atom is 0.189 e. The zero-order valence-corrected chi connectivity index (χ0v) is 12.2. The molecule has 0 fully saturated rings. The molecule has 0 unspecified atom stereocenters. The summed E-state index contributed by atoms with van der Waals surface area (Å²) in [7, 11) is 0. The van der Waals surface area contributed by atoms with Gasteiger partial charge in [0.25, 0.3) is 0 Å². The molecule has 4 heteroatoms. The number of benzene rings is 1. The van der Waals surface area contributed by atoms with E-state index in [4.69, 9.17) is 14.2 Å². The fourth-order valence-corrected chi connectivity index (χ4v) is 1.57. The zero-order chi connectivity index (χ0) is 13.9. The molecular formula is C15H25NO3. The summed E-state index contributed by atoms with van der Waals surface area (Å²) in [6.45, 7) is 9.47. The van der Waals surface area contributed by atoms with Crippen LogP contribution in [0.1, 0.15) is 32.8 Å². The Kier molecular flexibility index (Phi) is 8.02. The summed E-state index contributed by atoms with van der Waals surface area (Å²) < 4.78 is 16.5. The van der Waals surface area contributed by atoms with E-state index in [1.165, 1.54) is 0 Å². The minimum absolute atomic E-state index is 0.271. The van der Waals surface area contributed by atoms with Crippen molar-refractivity contribution in [3.05, 3.63) is 23.8 Å². The molecule has 1 N–H and O–H groups in total. The van der Waals surface area contributed by atoms with E-state index in [-0.39, 0.29) is 6.79 Å². The molecule has 19 heavy (non-hydrogen) atoms. The van der Waals surface area contributed by atoms with E-state index in [1.807, 2.05) is 25.1 Å². The van der Waals surface area contributed by atoms with Crippen molar-refractivity contribution in [3.8, 4) is 11.5 Å². The highest BCUT2D eigenvalue weighted by Crippen LogP contribution is 2.25. The van der Waals surface area contributed by atoms with E-state index in [2.05, 4.69) is 19.2 Å². The number of rotatable bonds is 10. The summed E-state index contributed by atoms with van der Waals surface area (Å²) in [6.07, 6.45) is 0.994. The van der Waals surface area contributed by atoms with Crippen molar-refractivity contribution in [2.45, 2.75) is 33.7 Å². The van der Waals surface area contributed by atoms with E-state index in [0.29, 0.717) is 6.61 Å². The molecule has 0 aromatic heterocycles. The van der Waals surface area contributed by atoms with Crippen molar-refractivity contribution in [1.29, 1.82) is 0 Å². The Labute approximate surface area is 116 Å². The number of ether oxygens (including phenoxy) is 3. The first kappa shape index (κ1) is 15.8. The van der Waals surface area contributed by atoms with Crippen LogP contribution in [0.5, 0.6) is 11.5 Å². The molecule has 0 bridgehead atoms. The number of hydrogen-bond acceptors (Lipinski definition) is 4. The van der Waals surface area contributed by atoms with Crippen LogP contribution in [0.2, 0.25) is 0 Å². The molecule has 0 amide bonds. The van der Waals surface area contributed by atoms with Crippen LogP contribution in [0.3, 0.4) is 0 Å². The number of hydrogen-bond donors (Lipinski definition) is 1. The maximum absolute atomic E-state index is 5.65. The molecule has 4 nitrogen and oxygen atoms in total. The van der Waals surface area contributed by atoms with Gasteiger partial charge in [-0.1, -0.05) is 19.9 Å². The molecule has 0 atom stereocenters. The van der Waals surface area contributed by atoms with Crippen molar-refractivity contribution < 1.29 is 14.2 Å². The van der Waals surface area contributed by atoms with Crippen molar-refractivity contribution in [1.82, 2.24) is 5.32 Å². The van der Waals surface area contributed by atoms with Gasteiger partial charge in [0, 0.05) is 24.8 Å². The van der Waals surface area contributed by atoms with Crippen LogP contribution < -0.4 is 14.8 Å². The smallest absolute Gasteiger partial charge is 0.189 e. The quantitative estimate of drug-likeness (QED) is 0.522. The van der Waals surface area contributed by atoms with E-state index < -0.39 is 0 Å². The highest BCUT2D eigenvalue weighted by Gasteiger charge is 2.06. The van der Waals surface area contributed by atoms with Crippen LogP contribution in [-0.2, 0) is 11.3 Å². The lowest BCUT2D eigenvalue weighted by molar-refractivity contribution is 0.0216. The van der Waals surface area contributed by atoms with Gasteiger partial charge in [0.2, 0.25) is 0 Å². The third-order valence-electron chi connectivity index (χ3n) is 2.58. The van der Waals surface area contributed by atoms with Gasteiger partial charge in [0.05, 0.1) is 6.61 Å². The van der Waals surface area contributed by atoms with Gasteiger partial charge in [-0.2, -0.15) is 0 Å². The lowest BCUT2D eigenvalue weighted by Crippen LogP contribution is -2.13. The normalized spacial score (nSPS) is 10.5. The van der Waals surface area contributed by atoms with Gasteiger partial charge < -0.3 is 19.5 Å². The fraction of sp³-hybridized carbons (Fsp3) is 0.600. The van der Waals surface area contributed by atoms with E-state index in [9.17, 15) is 0 Å². The minimum Gasteiger partial charge on any atom is -0.493 e. The molecule has 108 valence electrons. The Morgan fingerprint density at radius 1 is 1.11 bits per heavy atom. The van der Waals surface area contributed by atoms with Gasteiger partial charge in [-0.3, -0.25) is 0 Å². The first-order valence-corrected chi connectivity index (χ1v) is 6.98. The lowest BCUT2D eigenvalue weighted by atomic mass is 10.2. The molecule has 0 saturated carbocycles. The Balaban J connectivity index is 2.71.